The third kappa shape index (κ3) is 2.50. The summed E-state index contributed by atoms with van der Waals surface area (Å²) in [6, 6.07) is 13.8. The predicted octanol–water partition coefficient (Wildman–Crippen LogP) is 4.42. The van der Waals surface area contributed by atoms with Gasteiger partial charge in [0.25, 0.3) is 5.89 Å². The molecular weight excluding hydrogens is 290 g/mol. The van der Waals surface area contributed by atoms with Crippen molar-refractivity contribution in [3.8, 4) is 22.8 Å². The lowest BCUT2D eigenvalue weighted by Gasteiger charge is -1.97. The summed E-state index contributed by atoms with van der Waals surface area (Å²) in [6.45, 7) is 3.95. The van der Waals surface area contributed by atoms with Crippen molar-refractivity contribution in [2.75, 3.05) is 0 Å². The molecule has 23 heavy (non-hydrogen) atoms. The Hall–Kier alpha value is -2.95. The third-order valence-electron chi connectivity index (χ3n) is 3.79. The molecule has 0 saturated carbocycles. The molecule has 0 unspecified atom stereocenters. The summed E-state index contributed by atoms with van der Waals surface area (Å²) in [5, 5.41) is 4.07. The summed E-state index contributed by atoms with van der Waals surface area (Å²) in [7, 11) is 0. The van der Waals surface area contributed by atoms with E-state index in [1.807, 2.05) is 37.3 Å². The molecule has 0 N–H and O–H groups in total. The molecule has 5 heteroatoms. The molecule has 4 rings (SSSR count). The van der Waals surface area contributed by atoms with E-state index in [1.165, 1.54) is 5.56 Å². The maximum Gasteiger partial charge on any atom is 0.258 e. The first-order valence-corrected chi connectivity index (χ1v) is 7.53. The van der Waals surface area contributed by atoms with Gasteiger partial charge in [-0.15, -0.1) is 0 Å². The summed E-state index contributed by atoms with van der Waals surface area (Å²) in [5.41, 5.74) is 4.59. The Morgan fingerprint density at radius 3 is 2.52 bits per heavy atom. The quantitative estimate of drug-likeness (QED) is 0.560. The minimum atomic E-state index is 0.513. The smallest absolute Gasteiger partial charge is 0.258 e. The molecule has 2 aromatic carbocycles. The van der Waals surface area contributed by atoms with Gasteiger partial charge < -0.3 is 8.94 Å². The van der Waals surface area contributed by atoms with E-state index in [0.717, 1.165) is 28.6 Å². The molecule has 2 aromatic heterocycles. The average molecular weight is 305 g/mol. The first kappa shape index (κ1) is 13.7. The fourth-order valence-corrected chi connectivity index (χ4v) is 2.52. The molecule has 0 atom stereocenters. The molecule has 5 nitrogen and oxygen atoms in total. The van der Waals surface area contributed by atoms with Crippen molar-refractivity contribution >= 4 is 11.1 Å². The highest BCUT2D eigenvalue weighted by Crippen LogP contribution is 2.25. The van der Waals surface area contributed by atoms with Gasteiger partial charge in [0, 0.05) is 18.1 Å². The lowest BCUT2D eigenvalue weighted by molar-refractivity contribution is 0.432. The molecular formula is C18H15N3O2. The lowest BCUT2D eigenvalue weighted by Crippen LogP contribution is -1.83. The molecule has 0 aliphatic heterocycles. The van der Waals surface area contributed by atoms with Crippen LogP contribution < -0.4 is 0 Å². The Bertz CT molecular complexity index is 968. The molecule has 0 fully saturated rings. The summed E-state index contributed by atoms with van der Waals surface area (Å²) in [6.07, 6.45) is 1.01. The second-order valence-electron chi connectivity index (χ2n) is 5.39. The Morgan fingerprint density at radius 2 is 1.74 bits per heavy atom. The van der Waals surface area contributed by atoms with Crippen molar-refractivity contribution in [3.05, 3.63) is 53.9 Å². The number of hydrogen-bond acceptors (Lipinski definition) is 5. The molecule has 0 bridgehead atoms. The molecule has 114 valence electrons. The van der Waals surface area contributed by atoms with Crippen LogP contribution in [0.4, 0.5) is 0 Å². The van der Waals surface area contributed by atoms with Gasteiger partial charge in [0.2, 0.25) is 5.82 Å². The van der Waals surface area contributed by atoms with Gasteiger partial charge in [0.1, 0.15) is 5.52 Å². The zero-order valence-electron chi connectivity index (χ0n) is 12.9. The third-order valence-corrected chi connectivity index (χ3v) is 3.79. The number of rotatable bonds is 3. The van der Waals surface area contributed by atoms with Crippen molar-refractivity contribution in [2.24, 2.45) is 0 Å². The summed E-state index contributed by atoms with van der Waals surface area (Å²) >= 11 is 0. The van der Waals surface area contributed by atoms with E-state index < -0.39 is 0 Å². The molecule has 0 spiro atoms. The van der Waals surface area contributed by atoms with Crippen molar-refractivity contribution in [1.82, 2.24) is 15.1 Å². The first-order valence-electron chi connectivity index (χ1n) is 7.53. The topological polar surface area (TPSA) is 65.0 Å². The number of benzene rings is 2. The van der Waals surface area contributed by atoms with Gasteiger partial charge in [-0.25, -0.2) is 4.98 Å². The van der Waals surface area contributed by atoms with Crippen LogP contribution in [0.5, 0.6) is 0 Å². The molecule has 0 aliphatic carbocycles. The van der Waals surface area contributed by atoms with Crippen LogP contribution in [-0.2, 0) is 6.42 Å². The van der Waals surface area contributed by atoms with Gasteiger partial charge >= 0.3 is 0 Å². The Morgan fingerprint density at radius 1 is 0.957 bits per heavy atom. The molecule has 0 amide bonds. The Kier molecular flexibility index (Phi) is 3.19. The monoisotopic (exact) mass is 305 g/mol. The summed E-state index contributed by atoms with van der Waals surface area (Å²) in [4.78, 5) is 8.81. The normalized spacial score (nSPS) is 11.2. The number of aryl methyl sites for hydroxylation is 2. The molecule has 0 saturated heterocycles. The number of oxazole rings is 1. The molecule has 4 aromatic rings. The van der Waals surface area contributed by atoms with Crippen LogP contribution in [0.25, 0.3) is 33.9 Å². The number of fused-ring (bicyclic) bond motifs is 1. The zero-order valence-corrected chi connectivity index (χ0v) is 12.9. The molecule has 2 heterocycles. The Balaban J connectivity index is 1.70. The van der Waals surface area contributed by atoms with Gasteiger partial charge in [-0.2, -0.15) is 4.98 Å². The Labute approximate surface area is 133 Å². The zero-order chi connectivity index (χ0) is 15.8. The number of nitrogens with zero attached hydrogens (tertiary/aromatic N) is 3. The average Bonchev–Trinajstić information content (AvgIpc) is 3.19. The van der Waals surface area contributed by atoms with Crippen LogP contribution in [0.1, 0.15) is 18.4 Å². The number of aromatic nitrogens is 3. The second-order valence-corrected chi connectivity index (χ2v) is 5.39. The van der Waals surface area contributed by atoms with Crippen LogP contribution >= 0.6 is 0 Å². The molecule has 0 aliphatic rings. The minimum Gasteiger partial charge on any atom is -0.441 e. The van der Waals surface area contributed by atoms with E-state index in [0.29, 0.717) is 17.6 Å². The van der Waals surface area contributed by atoms with Crippen LogP contribution in [0.2, 0.25) is 0 Å². The first-order chi connectivity index (χ1) is 11.2. The van der Waals surface area contributed by atoms with Gasteiger partial charge in [0.05, 0.1) is 0 Å². The van der Waals surface area contributed by atoms with E-state index in [1.54, 1.807) is 0 Å². The van der Waals surface area contributed by atoms with Gasteiger partial charge in [-0.1, -0.05) is 24.2 Å². The van der Waals surface area contributed by atoms with Crippen LogP contribution in [0.15, 0.2) is 51.4 Å². The predicted molar refractivity (Wildman–Crippen MR) is 86.9 cm³/mol. The number of hydrogen-bond donors (Lipinski definition) is 0. The highest BCUT2D eigenvalue weighted by molar-refractivity contribution is 5.78. The van der Waals surface area contributed by atoms with Crippen molar-refractivity contribution in [1.29, 1.82) is 0 Å². The fraction of sp³-hybridized carbons (Fsp3) is 0.167. The van der Waals surface area contributed by atoms with E-state index in [2.05, 4.69) is 34.2 Å². The maximum absolute atomic E-state index is 5.48. The van der Waals surface area contributed by atoms with E-state index >= 15 is 0 Å². The summed E-state index contributed by atoms with van der Waals surface area (Å²) in [5.74, 6) is 1.70. The highest BCUT2D eigenvalue weighted by atomic mass is 16.5. The van der Waals surface area contributed by atoms with Gasteiger partial charge in [-0.05, 0) is 42.3 Å². The van der Waals surface area contributed by atoms with Crippen LogP contribution in [0, 0.1) is 6.92 Å². The fourth-order valence-electron chi connectivity index (χ4n) is 2.52. The largest absolute Gasteiger partial charge is 0.441 e. The van der Waals surface area contributed by atoms with E-state index in [9.17, 15) is 0 Å². The van der Waals surface area contributed by atoms with E-state index in [4.69, 9.17) is 8.94 Å². The van der Waals surface area contributed by atoms with Crippen molar-refractivity contribution in [3.63, 3.8) is 0 Å². The maximum atomic E-state index is 5.48. The summed E-state index contributed by atoms with van der Waals surface area (Å²) < 4.78 is 10.9. The van der Waals surface area contributed by atoms with Gasteiger partial charge in [-0.3, -0.25) is 0 Å². The van der Waals surface area contributed by atoms with Crippen LogP contribution in [-0.4, -0.2) is 15.1 Å². The molecule has 0 radical (unpaired) electrons. The lowest BCUT2D eigenvalue weighted by atomic mass is 10.1. The second kappa shape index (κ2) is 5.35. The van der Waals surface area contributed by atoms with Gasteiger partial charge in [0.15, 0.2) is 11.5 Å². The van der Waals surface area contributed by atoms with E-state index in [-0.39, 0.29) is 0 Å². The van der Waals surface area contributed by atoms with Crippen molar-refractivity contribution in [2.45, 2.75) is 20.3 Å². The highest BCUT2D eigenvalue weighted by Gasteiger charge is 2.12. The van der Waals surface area contributed by atoms with Crippen LogP contribution in [0.3, 0.4) is 0 Å². The van der Waals surface area contributed by atoms with Crippen molar-refractivity contribution < 1.29 is 8.94 Å². The minimum absolute atomic E-state index is 0.513. The SMILES string of the molecule is CCc1ccc(-c2nc(-c3ccc4oc(C)nc4c3)no2)cc1. The standard InChI is InChI=1S/C18H15N3O2/c1-3-12-4-6-13(7-5-12)18-20-17(21-23-18)14-8-9-16-15(10-14)19-11(2)22-16/h4-10H,3H2,1-2H3.